The Morgan fingerprint density at radius 2 is 1.96 bits per heavy atom. The number of methoxy groups -OCH3 is 1. The van der Waals surface area contributed by atoms with E-state index in [4.69, 9.17) is 21.1 Å². The number of anilines is 1. The van der Waals surface area contributed by atoms with Gasteiger partial charge in [0, 0.05) is 5.02 Å². The van der Waals surface area contributed by atoms with Crippen molar-refractivity contribution in [2.45, 2.75) is 6.92 Å². The van der Waals surface area contributed by atoms with Gasteiger partial charge in [-0.05, 0) is 42.8 Å². The normalized spacial score (nSPS) is 10.2. The summed E-state index contributed by atoms with van der Waals surface area (Å²) in [5.41, 5.74) is 1.04. The van der Waals surface area contributed by atoms with Crippen LogP contribution in [0.1, 0.15) is 15.9 Å². The molecule has 0 heterocycles. The maximum Gasteiger partial charge on any atom is 0.341 e. The third-order valence-electron chi connectivity index (χ3n) is 3.11. The number of rotatable bonds is 5. The maximum absolute atomic E-state index is 13.6. The average molecular weight is 352 g/mol. The number of hydrogen-bond donors (Lipinski definition) is 1. The molecule has 2 aromatic carbocycles. The molecule has 0 spiro atoms. The minimum absolute atomic E-state index is 0.192. The Hall–Kier alpha value is -2.60. The minimum Gasteiger partial charge on any atom is -0.495 e. The molecule has 24 heavy (non-hydrogen) atoms. The second-order valence-electron chi connectivity index (χ2n) is 4.95. The fourth-order valence-electron chi connectivity index (χ4n) is 1.97. The van der Waals surface area contributed by atoms with Gasteiger partial charge in [0.2, 0.25) is 0 Å². The zero-order valence-corrected chi connectivity index (χ0v) is 13.8. The molecule has 5 nitrogen and oxygen atoms in total. The van der Waals surface area contributed by atoms with Crippen LogP contribution in [0.2, 0.25) is 5.02 Å². The van der Waals surface area contributed by atoms with E-state index < -0.39 is 24.3 Å². The highest BCUT2D eigenvalue weighted by Crippen LogP contribution is 2.25. The minimum atomic E-state index is -0.971. The standard InChI is InChI=1S/C17H15ClFNO4/c1-10-3-6-15(23-2)14(7-10)20-16(21)9-24-17(22)12-8-11(18)4-5-13(12)19/h3-8H,9H2,1-2H3,(H,20,21). The lowest BCUT2D eigenvalue weighted by atomic mass is 10.2. The summed E-state index contributed by atoms with van der Waals surface area (Å²) >= 11 is 5.71. The second-order valence-corrected chi connectivity index (χ2v) is 5.39. The van der Waals surface area contributed by atoms with Gasteiger partial charge >= 0.3 is 5.97 Å². The number of benzene rings is 2. The number of hydrogen-bond acceptors (Lipinski definition) is 4. The van der Waals surface area contributed by atoms with E-state index in [-0.39, 0.29) is 10.6 Å². The van der Waals surface area contributed by atoms with Gasteiger partial charge < -0.3 is 14.8 Å². The fraction of sp³-hybridized carbons (Fsp3) is 0.176. The van der Waals surface area contributed by atoms with Crippen LogP contribution in [0.25, 0.3) is 0 Å². The van der Waals surface area contributed by atoms with Gasteiger partial charge in [0.05, 0.1) is 18.4 Å². The molecule has 0 saturated heterocycles. The van der Waals surface area contributed by atoms with Crippen molar-refractivity contribution in [1.29, 1.82) is 0 Å². The molecule has 126 valence electrons. The van der Waals surface area contributed by atoms with Crippen LogP contribution in [0.4, 0.5) is 10.1 Å². The van der Waals surface area contributed by atoms with E-state index in [9.17, 15) is 14.0 Å². The first kappa shape index (κ1) is 17.7. The molecule has 0 aromatic heterocycles. The van der Waals surface area contributed by atoms with E-state index in [1.54, 1.807) is 12.1 Å². The number of aryl methyl sites for hydroxylation is 1. The lowest BCUT2D eigenvalue weighted by Gasteiger charge is -2.11. The van der Waals surface area contributed by atoms with Gasteiger partial charge in [-0.15, -0.1) is 0 Å². The van der Waals surface area contributed by atoms with Gasteiger partial charge in [-0.25, -0.2) is 9.18 Å². The van der Waals surface area contributed by atoms with Gasteiger partial charge in [0.25, 0.3) is 5.91 Å². The molecule has 0 radical (unpaired) electrons. The number of carbonyl (C=O) groups excluding carboxylic acids is 2. The van der Waals surface area contributed by atoms with Crippen molar-refractivity contribution >= 4 is 29.2 Å². The predicted octanol–water partition coefficient (Wildman–Crippen LogP) is 3.59. The van der Waals surface area contributed by atoms with Crippen LogP contribution in [0, 0.1) is 12.7 Å². The van der Waals surface area contributed by atoms with E-state index in [1.807, 2.05) is 13.0 Å². The third kappa shape index (κ3) is 4.45. The summed E-state index contributed by atoms with van der Waals surface area (Å²) in [4.78, 5) is 23.7. The van der Waals surface area contributed by atoms with Crippen LogP contribution in [-0.4, -0.2) is 25.6 Å². The van der Waals surface area contributed by atoms with Crippen molar-refractivity contribution in [3.63, 3.8) is 0 Å². The molecule has 1 amide bonds. The fourth-order valence-corrected chi connectivity index (χ4v) is 2.14. The molecule has 2 rings (SSSR count). The van der Waals surface area contributed by atoms with Gasteiger partial charge in [-0.2, -0.15) is 0 Å². The zero-order valence-electron chi connectivity index (χ0n) is 13.1. The molecule has 0 aliphatic heterocycles. The highest BCUT2D eigenvalue weighted by Gasteiger charge is 2.16. The molecule has 0 bridgehead atoms. The van der Waals surface area contributed by atoms with Crippen molar-refractivity contribution in [2.24, 2.45) is 0 Å². The lowest BCUT2D eigenvalue weighted by Crippen LogP contribution is -2.21. The summed E-state index contributed by atoms with van der Waals surface area (Å²) in [7, 11) is 1.47. The van der Waals surface area contributed by atoms with Crippen molar-refractivity contribution in [3.05, 3.63) is 58.4 Å². The first-order valence-electron chi connectivity index (χ1n) is 6.97. The number of ether oxygens (including phenoxy) is 2. The first-order chi connectivity index (χ1) is 11.4. The molecule has 0 aliphatic rings. The van der Waals surface area contributed by atoms with Crippen LogP contribution in [-0.2, 0) is 9.53 Å². The summed E-state index contributed by atoms with van der Waals surface area (Å²) in [5, 5.41) is 2.77. The van der Waals surface area contributed by atoms with Gasteiger partial charge in [-0.3, -0.25) is 4.79 Å². The summed E-state index contributed by atoms with van der Waals surface area (Å²) < 4.78 is 23.5. The van der Waals surface area contributed by atoms with Crippen molar-refractivity contribution in [2.75, 3.05) is 19.0 Å². The van der Waals surface area contributed by atoms with Crippen LogP contribution < -0.4 is 10.1 Å². The molecule has 0 unspecified atom stereocenters. The largest absolute Gasteiger partial charge is 0.495 e. The van der Waals surface area contributed by atoms with E-state index in [2.05, 4.69) is 5.32 Å². The van der Waals surface area contributed by atoms with Gasteiger partial charge in [0.15, 0.2) is 6.61 Å². The Bertz CT molecular complexity index is 779. The number of amides is 1. The van der Waals surface area contributed by atoms with Crippen LogP contribution in [0.5, 0.6) is 5.75 Å². The van der Waals surface area contributed by atoms with Crippen molar-refractivity contribution < 1.29 is 23.5 Å². The zero-order chi connectivity index (χ0) is 17.7. The molecule has 0 saturated carbocycles. The molecule has 0 fully saturated rings. The average Bonchev–Trinajstić information content (AvgIpc) is 2.55. The van der Waals surface area contributed by atoms with Gasteiger partial charge in [0.1, 0.15) is 11.6 Å². The summed E-state index contributed by atoms with van der Waals surface area (Å²) in [6.45, 7) is 1.29. The van der Waals surface area contributed by atoms with E-state index >= 15 is 0 Å². The Balaban J connectivity index is 2.00. The van der Waals surface area contributed by atoms with Crippen LogP contribution in [0.15, 0.2) is 36.4 Å². The Morgan fingerprint density at radius 1 is 1.21 bits per heavy atom. The molecule has 0 atom stereocenters. The number of carbonyl (C=O) groups is 2. The molecular formula is C17H15ClFNO4. The Kier molecular flexibility index (Phi) is 5.76. The second kappa shape index (κ2) is 7.79. The highest BCUT2D eigenvalue weighted by molar-refractivity contribution is 6.30. The van der Waals surface area contributed by atoms with Crippen LogP contribution >= 0.6 is 11.6 Å². The lowest BCUT2D eigenvalue weighted by molar-refractivity contribution is -0.119. The SMILES string of the molecule is COc1ccc(C)cc1NC(=O)COC(=O)c1cc(Cl)ccc1F. The quantitative estimate of drug-likeness (QED) is 0.836. The number of halogens is 2. The van der Waals surface area contributed by atoms with Crippen molar-refractivity contribution in [3.8, 4) is 5.75 Å². The maximum atomic E-state index is 13.6. The molecule has 2 aromatic rings. The Morgan fingerprint density at radius 3 is 2.67 bits per heavy atom. The van der Waals surface area contributed by atoms with Gasteiger partial charge in [-0.1, -0.05) is 17.7 Å². The number of esters is 1. The molecular weight excluding hydrogens is 337 g/mol. The number of nitrogens with one attached hydrogen (secondary N) is 1. The van der Waals surface area contributed by atoms with Crippen molar-refractivity contribution in [1.82, 2.24) is 0 Å². The summed E-state index contributed by atoms with van der Waals surface area (Å²) in [6, 6.07) is 8.76. The van der Waals surface area contributed by atoms with Crippen LogP contribution in [0.3, 0.4) is 0 Å². The summed E-state index contributed by atoms with van der Waals surface area (Å²) in [5.74, 6) is -1.85. The molecule has 7 heteroatoms. The topological polar surface area (TPSA) is 64.6 Å². The Labute approximate surface area is 143 Å². The molecule has 1 N–H and O–H groups in total. The van der Waals surface area contributed by atoms with E-state index in [0.717, 1.165) is 17.7 Å². The predicted molar refractivity (Wildman–Crippen MR) is 88.1 cm³/mol. The monoisotopic (exact) mass is 351 g/mol. The van der Waals surface area contributed by atoms with E-state index in [0.29, 0.717) is 11.4 Å². The smallest absolute Gasteiger partial charge is 0.341 e. The first-order valence-corrected chi connectivity index (χ1v) is 7.35. The summed E-state index contributed by atoms with van der Waals surface area (Å²) in [6.07, 6.45) is 0. The van der Waals surface area contributed by atoms with E-state index in [1.165, 1.54) is 13.2 Å². The third-order valence-corrected chi connectivity index (χ3v) is 3.35. The highest BCUT2D eigenvalue weighted by atomic mass is 35.5. The molecule has 0 aliphatic carbocycles.